The number of H-pyrrole nitrogens is 1. The van der Waals surface area contributed by atoms with Crippen LogP contribution in [-0.4, -0.2) is 41.1 Å². The summed E-state index contributed by atoms with van der Waals surface area (Å²) in [6, 6.07) is 8.37. The maximum Gasteiger partial charge on any atom is 0.236 e. The van der Waals surface area contributed by atoms with Gasteiger partial charge in [-0.3, -0.25) is 9.89 Å². The van der Waals surface area contributed by atoms with E-state index in [1.165, 1.54) is 12.1 Å². The monoisotopic (exact) mass is 354 g/mol. The first-order chi connectivity index (χ1) is 11.1. The van der Waals surface area contributed by atoms with Crippen molar-refractivity contribution >= 4 is 18.3 Å². The van der Waals surface area contributed by atoms with Crippen molar-refractivity contribution in [2.24, 2.45) is 5.73 Å². The topological polar surface area (TPSA) is 75.0 Å². The number of likely N-dealkylation sites (N-methyl/N-ethyl adjacent to an activating group) is 1. The van der Waals surface area contributed by atoms with E-state index in [2.05, 4.69) is 10.2 Å². The Hall–Kier alpha value is -1.92. The number of hydrogen-bond donors (Lipinski definition) is 2. The van der Waals surface area contributed by atoms with Crippen LogP contribution in [0.25, 0.3) is 11.3 Å². The van der Waals surface area contributed by atoms with E-state index in [-0.39, 0.29) is 30.7 Å². The fraction of sp³-hybridized carbons (Fsp3) is 0.412. The van der Waals surface area contributed by atoms with Crippen molar-refractivity contribution in [3.63, 3.8) is 0 Å². The quantitative estimate of drug-likeness (QED) is 0.716. The van der Waals surface area contributed by atoms with Gasteiger partial charge in [0.25, 0.3) is 0 Å². The van der Waals surface area contributed by atoms with Gasteiger partial charge in [0.05, 0.1) is 12.2 Å². The van der Waals surface area contributed by atoms with E-state index >= 15 is 0 Å². The zero-order valence-corrected chi connectivity index (χ0v) is 14.6. The van der Waals surface area contributed by atoms with Gasteiger partial charge < -0.3 is 10.6 Å². The molecule has 0 saturated heterocycles. The molecule has 0 spiro atoms. The average molecular weight is 355 g/mol. The zero-order chi connectivity index (χ0) is 16.7. The van der Waals surface area contributed by atoms with Crippen LogP contribution in [0, 0.1) is 5.82 Å². The Labute approximate surface area is 147 Å². The molecule has 5 nitrogen and oxygen atoms in total. The number of unbranched alkanes of at least 4 members (excludes halogenated alkanes) is 2. The smallest absolute Gasteiger partial charge is 0.236 e. The highest BCUT2D eigenvalue weighted by Crippen LogP contribution is 2.19. The Morgan fingerprint density at radius 1 is 1.29 bits per heavy atom. The first kappa shape index (κ1) is 20.1. The van der Waals surface area contributed by atoms with Gasteiger partial charge in [-0.05, 0) is 37.5 Å². The number of carbonyl (C=O) groups excluding carboxylic acids is 1. The molecule has 1 aromatic heterocycles. The summed E-state index contributed by atoms with van der Waals surface area (Å²) in [6.07, 6.45) is 3.87. The average Bonchev–Trinajstić information content (AvgIpc) is 3.02. The Balaban J connectivity index is 0.00000288. The molecular weight excluding hydrogens is 331 g/mol. The maximum absolute atomic E-state index is 13.2. The Morgan fingerprint density at radius 2 is 2.08 bits per heavy atom. The molecule has 0 radical (unpaired) electrons. The Morgan fingerprint density at radius 3 is 2.79 bits per heavy atom. The van der Waals surface area contributed by atoms with E-state index in [1.54, 1.807) is 18.0 Å². The van der Waals surface area contributed by atoms with Gasteiger partial charge in [-0.2, -0.15) is 5.10 Å². The number of aryl methyl sites for hydroxylation is 1. The number of halogens is 2. The molecule has 0 unspecified atom stereocenters. The van der Waals surface area contributed by atoms with Gasteiger partial charge in [0, 0.05) is 24.8 Å². The maximum atomic E-state index is 13.2. The molecule has 0 atom stereocenters. The zero-order valence-electron chi connectivity index (χ0n) is 13.8. The number of aromatic amines is 1. The number of nitrogens with one attached hydrogen (secondary N) is 1. The largest absolute Gasteiger partial charge is 0.345 e. The van der Waals surface area contributed by atoms with Gasteiger partial charge in [-0.25, -0.2) is 4.39 Å². The fourth-order valence-corrected chi connectivity index (χ4v) is 2.41. The molecule has 24 heavy (non-hydrogen) atoms. The molecule has 2 rings (SSSR count). The van der Waals surface area contributed by atoms with Gasteiger partial charge in [-0.1, -0.05) is 18.6 Å². The standard InChI is InChI=1S/C17H23FN4O.ClH/c1-22(17(23)12-19)9-4-2-3-8-15-11-16(21-20-15)13-6-5-7-14(18)10-13;/h5-7,10-11H,2-4,8-9,12,19H2,1H3,(H,20,21);1H. The van der Waals surface area contributed by atoms with E-state index in [0.29, 0.717) is 0 Å². The summed E-state index contributed by atoms with van der Waals surface area (Å²) in [5, 5.41) is 7.23. The van der Waals surface area contributed by atoms with E-state index in [4.69, 9.17) is 5.73 Å². The molecule has 0 aliphatic heterocycles. The second kappa shape index (κ2) is 10.1. The third-order valence-electron chi connectivity index (χ3n) is 3.79. The third kappa shape index (κ3) is 5.94. The summed E-state index contributed by atoms with van der Waals surface area (Å²) >= 11 is 0. The van der Waals surface area contributed by atoms with Crippen LogP contribution in [0.15, 0.2) is 30.3 Å². The molecule has 7 heteroatoms. The minimum Gasteiger partial charge on any atom is -0.345 e. The van der Waals surface area contributed by atoms with Crippen molar-refractivity contribution in [2.75, 3.05) is 20.1 Å². The molecule has 0 saturated carbocycles. The number of amides is 1. The SMILES string of the molecule is CN(CCCCCc1cc(-c2cccc(F)c2)n[nH]1)C(=O)CN.Cl. The van der Waals surface area contributed by atoms with Crippen LogP contribution in [0.4, 0.5) is 4.39 Å². The summed E-state index contributed by atoms with van der Waals surface area (Å²) in [4.78, 5) is 13.0. The number of rotatable bonds is 8. The van der Waals surface area contributed by atoms with E-state index < -0.39 is 0 Å². The number of nitrogens with zero attached hydrogens (tertiary/aromatic N) is 2. The first-order valence-corrected chi connectivity index (χ1v) is 7.84. The molecule has 132 valence electrons. The molecule has 0 bridgehead atoms. The molecule has 0 aliphatic carbocycles. The molecule has 1 heterocycles. The number of aromatic nitrogens is 2. The van der Waals surface area contributed by atoms with Gasteiger partial charge >= 0.3 is 0 Å². The summed E-state index contributed by atoms with van der Waals surface area (Å²) in [7, 11) is 1.77. The highest BCUT2D eigenvalue weighted by atomic mass is 35.5. The Kier molecular flexibility index (Phi) is 8.43. The van der Waals surface area contributed by atoms with Crippen LogP contribution >= 0.6 is 12.4 Å². The van der Waals surface area contributed by atoms with Crippen molar-refractivity contribution in [1.29, 1.82) is 0 Å². The Bertz CT molecular complexity index is 647. The fourth-order valence-electron chi connectivity index (χ4n) is 2.41. The highest BCUT2D eigenvalue weighted by molar-refractivity contribution is 5.85. The second-order valence-electron chi connectivity index (χ2n) is 5.62. The minimum absolute atomic E-state index is 0. The van der Waals surface area contributed by atoms with Crippen LogP contribution in [0.3, 0.4) is 0 Å². The van der Waals surface area contributed by atoms with Crippen LogP contribution in [0.5, 0.6) is 0 Å². The van der Waals surface area contributed by atoms with Crippen molar-refractivity contribution < 1.29 is 9.18 Å². The molecule has 2 aromatic rings. The van der Waals surface area contributed by atoms with Crippen LogP contribution in [0.1, 0.15) is 25.0 Å². The van der Waals surface area contributed by atoms with Crippen molar-refractivity contribution in [2.45, 2.75) is 25.7 Å². The summed E-state index contributed by atoms with van der Waals surface area (Å²) in [5.41, 5.74) is 7.88. The number of nitrogens with two attached hydrogens (primary N) is 1. The molecular formula is C17H24ClFN4O. The van der Waals surface area contributed by atoms with Crippen LogP contribution < -0.4 is 5.73 Å². The van der Waals surface area contributed by atoms with Crippen molar-refractivity contribution in [3.05, 3.63) is 41.8 Å². The minimum atomic E-state index is -0.261. The number of carbonyl (C=O) groups is 1. The highest BCUT2D eigenvalue weighted by Gasteiger charge is 2.06. The van der Waals surface area contributed by atoms with E-state index in [9.17, 15) is 9.18 Å². The normalized spacial score (nSPS) is 10.3. The molecule has 1 amide bonds. The van der Waals surface area contributed by atoms with Crippen molar-refractivity contribution in [3.8, 4) is 11.3 Å². The van der Waals surface area contributed by atoms with Gasteiger partial charge in [0.1, 0.15) is 5.82 Å². The number of benzene rings is 1. The predicted molar refractivity (Wildman–Crippen MR) is 95.5 cm³/mol. The van der Waals surface area contributed by atoms with E-state index in [0.717, 1.165) is 49.2 Å². The third-order valence-corrected chi connectivity index (χ3v) is 3.79. The second-order valence-corrected chi connectivity index (χ2v) is 5.62. The predicted octanol–water partition coefficient (Wildman–Crippen LogP) is 2.77. The van der Waals surface area contributed by atoms with Crippen molar-refractivity contribution in [1.82, 2.24) is 15.1 Å². The molecule has 0 fully saturated rings. The molecule has 3 N–H and O–H groups in total. The summed E-state index contributed by atoms with van der Waals surface area (Å²) in [6.45, 7) is 0.793. The lowest BCUT2D eigenvalue weighted by molar-refractivity contribution is -0.128. The van der Waals surface area contributed by atoms with Gasteiger partial charge in [0.2, 0.25) is 5.91 Å². The number of hydrogen-bond acceptors (Lipinski definition) is 3. The van der Waals surface area contributed by atoms with Gasteiger partial charge in [-0.15, -0.1) is 12.4 Å². The molecule has 1 aromatic carbocycles. The van der Waals surface area contributed by atoms with Gasteiger partial charge in [0.15, 0.2) is 0 Å². The summed E-state index contributed by atoms with van der Waals surface area (Å²) < 4.78 is 13.2. The summed E-state index contributed by atoms with van der Waals surface area (Å²) in [5.74, 6) is -0.290. The lowest BCUT2D eigenvalue weighted by atomic mass is 10.1. The van der Waals surface area contributed by atoms with Crippen LogP contribution in [-0.2, 0) is 11.2 Å². The van der Waals surface area contributed by atoms with Crippen LogP contribution in [0.2, 0.25) is 0 Å². The first-order valence-electron chi connectivity index (χ1n) is 7.84. The molecule has 0 aliphatic rings. The lowest BCUT2D eigenvalue weighted by Crippen LogP contribution is -2.33. The van der Waals surface area contributed by atoms with E-state index in [1.807, 2.05) is 12.1 Å². The lowest BCUT2D eigenvalue weighted by Gasteiger charge is -2.15.